The molecule has 104 valence electrons. The highest BCUT2D eigenvalue weighted by molar-refractivity contribution is 6.68. The van der Waals surface area contributed by atoms with E-state index in [9.17, 15) is 0 Å². The molecule has 5 N–H and O–H groups in total. The summed E-state index contributed by atoms with van der Waals surface area (Å²) in [5.41, 5.74) is 15.1. The number of halogens is 1. The van der Waals surface area contributed by atoms with E-state index < -0.39 is 5.66 Å². The average Bonchev–Trinajstić information content (AvgIpc) is 2.34. The second-order valence-electron chi connectivity index (χ2n) is 4.48. The van der Waals surface area contributed by atoms with Crippen molar-refractivity contribution in [3.63, 3.8) is 0 Å². The van der Waals surface area contributed by atoms with E-state index in [2.05, 4.69) is 20.4 Å². The second-order valence-corrected chi connectivity index (χ2v) is 4.81. The van der Waals surface area contributed by atoms with E-state index >= 15 is 0 Å². The number of fused-ring (bicyclic) bond motifs is 1. The summed E-state index contributed by atoms with van der Waals surface area (Å²) < 4.78 is 0. The molecule has 9 heteroatoms. The van der Waals surface area contributed by atoms with E-state index in [0.717, 1.165) is 0 Å². The molecule has 8 nitrogen and oxygen atoms in total. The molecule has 0 aromatic carbocycles. The standard InChI is InChI=1S/C10H17ClN8/c1-10(13)6-5(18(3)8(11)17-10)7(12)16-9(15-6)19(4)14-2/h14H,13H2,1-4H3,(H2,12,15,16). The van der Waals surface area contributed by atoms with E-state index in [1.165, 1.54) is 0 Å². The van der Waals surface area contributed by atoms with Crippen LogP contribution < -0.4 is 26.8 Å². The highest BCUT2D eigenvalue weighted by Gasteiger charge is 2.36. The maximum Gasteiger partial charge on any atom is 0.242 e. The lowest BCUT2D eigenvalue weighted by atomic mass is 10.1. The van der Waals surface area contributed by atoms with Gasteiger partial charge in [-0.15, -0.1) is 0 Å². The SMILES string of the molecule is CNN(C)c1nc(N)c2c(n1)C(C)(N)N=C(Cl)N2C. The Kier molecular flexibility index (Phi) is 3.25. The van der Waals surface area contributed by atoms with Crippen molar-refractivity contribution in [1.82, 2.24) is 15.4 Å². The molecule has 0 saturated carbocycles. The van der Waals surface area contributed by atoms with E-state index in [1.807, 2.05) is 0 Å². The molecule has 0 spiro atoms. The first-order valence-corrected chi connectivity index (χ1v) is 6.02. The Morgan fingerprint density at radius 1 is 1.42 bits per heavy atom. The molecule has 0 aliphatic carbocycles. The van der Waals surface area contributed by atoms with Gasteiger partial charge < -0.3 is 16.4 Å². The van der Waals surface area contributed by atoms with Crippen LogP contribution >= 0.6 is 11.6 Å². The zero-order valence-electron chi connectivity index (χ0n) is 11.3. The van der Waals surface area contributed by atoms with Crippen LogP contribution in [-0.4, -0.2) is 36.4 Å². The van der Waals surface area contributed by atoms with E-state index in [0.29, 0.717) is 23.1 Å². The van der Waals surface area contributed by atoms with Crippen molar-refractivity contribution in [2.75, 3.05) is 36.8 Å². The molecular weight excluding hydrogens is 268 g/mol. The zero-order valence-corrected chi connectivity index (χ0v) is 12.0. The molecule has 1 unspecified atom stereocenters. The number of nitrogen functional groups attached to an aromatic ring is 1. The summed E-state index contributed by atoms with van der Waals surface area (Å²) in [6.07, 6.45) is 0. The number of nitrogens with zero attached hydrogens (tertiary/aromatic N) is 5. The molecule has 0 saturated heterocycles. The summed E-state index contributed by atoms with van der Waals surface area (Å²) in [6, 6.07) is 0. The van der Waals surface area contributed by atoms with Crippen LogP contribution in [0.15, 0.2) is 4.99 Å². The van der Waals surface area contributed by atoms with Gasteiger partial charge in [0.15, 0.2) is 11.5 Å². The fraction of sp³-hybridized carbons (Fsp3) is 0.500. The molecule has 2 heterocycles. The third-order valence-electron chi connectivity index (χ3n) is 2.95. The number of rotatable bonds is 2. The van der Waals surface area contributed by atoms with Gasteiger partial charge in [-0.25, -0.2) is 15.4 Å². The van der Waals surface area contributed by atoms with Gasteiger partial charge in [0.2, 0.25) is 11.2 Å². The molecule has 0 bridgehead atoms. The van der Waals surface area contributed by atoms with Crippen molar-refractivity contribution in [2.24, 2.45) is 10.7 Å². The van der Waals surface area contributed by atoms with Gasteiger partial charge in [-0.3, -0.25) is 5.01 Å². The Morgan fingerprint density at radius 2 is 2.05 bits per heavy atom. The van der Waals surface area contributed by atoms with Crippen LogP contribution in [0, 0.1) is 0 Å². The highest BCUT2D eigenvalue weighted by Crippen LogP contribution is 2.37. The third kappa shape index (κ3) is 2.18. The van der Waals surface area contributed by atoms with Crippen LogP contribution in [0.1, 0.15) is 12.6 Å². The number of hydrogen-bond donors (Lipinski definition) is 3. The van der Waals surface area contributed by atoms with Crippen molar-refractivity contribution < 1.29 is 0 Å². The summed E-state index contributed by atoms with van der Waals surface area (Å²) in [4.78, 5) is 14.5. The van der Waals surface area contributed by atoms with E-state index in [4.69, 9.17) is 23.1 Å². The maximum absolute atomic E-state index is 6.14. The van der Waals surface area contributed by atoms with Gasteiger partial charge in [0.1, 0.15) is 11.4 Å². The Hall–Kier alpha value is -1.64. The van der Waals surface area contributed by atoms with Crippen molar-refractivity contribution >= 4 is 34.3 Å². The van der Waals surface area contributed by atoms with Gasteiger partial charge in [0.05, 0.1) is 0 Å². The highest BCUT2D eigenvalue weighted by atomic mass is 35.5. The summed E-state index contributed by atoms with van der Waals surface area (Å²) in [6.45, 7) is 1.72. The van der Waals surface area contributed by atoms with Gasteiger partial charge >= 0.3 is 0 Å². The molecule has 0 radical (unpaired) electrons. The van der Waals surface area contributed by atoms with Crippen LogP contribution in [0.3, 0.4) is 0 Å². The van der Waals surface area contributed by atoms with Crippen molar-refractivity contribution in [3.8, 4) is 0 Å². The Bertz CT molecular complexity index is 541. The van der Waals surface area contributed by atoms with E-state index in [1.54, 1.807) is 38.0 Å². The van der Waals surface area contributed by atoms with Crippen molar-refractivity contribution in [1.29, 1.82) is 0 Å². The molecule has 19 heavy (non-hydrogen) atoms. The predicted molar refractivity (Wildman–Crippen MR) is 77.1 cm³/mol. The van der Waals surface area contributed by atoms with Crippen molar-refractivity contribution in [2.45, 2.75) is 12.6 Å². The number of anilines is 3. The lowest BCUT2D eigenvalue weighted by Gasteiger charge is -2.33. The topological polar surface area (TPSA) is 109 Å². The minimum atomic E-state index is -1.04. The first kappa shape index (κ1) is 13.8. The summed E-state index contributed by atoms with van der Waals surface area (Å²) in [5, 5.41) is 1.88. The Balaban J connectivity index is 2.66. The smallest absolute Gasteiger partial charge is 0.242 e. The van der Waals surface area contributed by atoms with Gasteiger partial charge in [-0.2, -0.15) is 4.98 Å². The van der Waals surface area contributed by atoms with Gasteiger partial charge in [-0.05, 0) is 18.5 Å². The lowest BCUT2D eigenvalue weighted by molar-refractivity contribution is 0.499. The summed E-state index contributed by atoms with van der Waals surface area (Å²) in [7, 11) is 5.26. The summed E-state index contributed by atoms with van der Waals surface area (Å²) >= 11 is 6.04. The maximum atomic E-state index is 6.14. The van der Waals surface area contributed by atoms with Gasteiger partial charge in [-0.1, -0.05) is 0 Å². The number of aliphatic imine (C=N–C) groups is 1. The molecule has 2 rings (SSSR count). The molecular formula is C10H17ClN8. The van der Waals surface area contributed by atoms with Gasteiger partial charge in [0, 0.05) is 21.1 Å². The first-order chi connectivity index (χ1) is 8.77. The zero-order chi connectivity index (χ0) is 14.4. The Morgan fingerprint density at radius 3 is 2.63 bits per heavy atom. The fourth-order valence-corrected chi connectivity index (χ4v) is 2.07. The average molecular weight is 285 g/mol. The van der Waals surface area contributed by atoms with Crippen LogP contribution in [0.25, 0.3) is 0 Å². The predicted octanol–water partition coefficient (Wildman–Crippen LogP) is -0.195. The monoisotopic (exact) mass is 284 g/mol. The van der Waals surface area contributed by atoms with Crippen LogP contribution in [0.5, 0.6) is 0 Å². The Labute approximate surface area is 116 Å². The largest absolute Gasteiger partial charge is 0.382 e. The lowest BCUT2D eigenvalue weighted by Crippen LogP contribution is -2.43. The van der Waals surface area contributed by atoms with Crippen LogP contribution in [0.2, 0.25) is 0 Å². The number of nitrogens with one attached hydrogen (secondary N) is 1. The van der Waals surface area contributed by atoms with Crippen molar-refractivity contribution in [3.05, 3.63) is 5.69 Å². The second kappa shape index (κ2) is 4.48. The molecule has 0 amide bonds. The molecule has 0 fully saturated rings. The van der Waals surface area contributed by atoms with Gasteiger partial charge in [0.25, 0.3) is 0 Å². The van der Waals surface area contributed by atoms with E-state index in [-0.39, 0.29) is 5.29 Å². The van der Waals surface area contributed by atoms with Crippen LogP contribution in [0.4, 0.5) is 17.5 Å². The minimum absolute atomic E-state index is 0.252. The summed E-state index contributed by atoms with van der Waals surface area (Å²) in [5.74, 6) is 0.714. The molecule has 1 aliphatic rings. The molecule has 1 atom stereocenters. The third-order valence-corrected chi connectivity index (χ3v) is 3.29. The number of nitrogens with two attached hydrogens (primary N) is 2. The normalized spacial score (nSPS) is 22.0. The molecule has 1 aliphatic heterocycles. The number of hydrogen-bond acceptors (Lipinski definition) is 8. The van der Waals surface area contributed by atoms with Crippen LogP contribution in [-0.2, 0) is 5.66 Å². The number of aromatic nitrogens is 2. The first-order valence-electron chi connectivity index (χ1n) is 5.65. The molecule has 1 aromatic heterocycles. The quantitative estimate of drug-likeness (QED) is 0.510. The fourth-order valence-electron chi connectivity index (χ4n) is 1.81. The minimum Gasteiger partial charge on any atom is -0.382 e. The molecule has 1 aromatic rings. The number of amidine groups is 1. The number of hydrazine groups is 1.